The van der Waals surface area contributed by atoms with Crippen LogP contribution in [-0.4, -0.2) is 42.8 Å². The summed E-state index contributed by atoms with van der Waals surface area (Å²) >= 11 is 0. The van der Waals surface area contributed by atoms with Crippen LogP contribution in [0.3, 0.4) is 0 Å². The number of carbonyl (C=O) groups excluding carboxylic acids is 3. The summed E-state index contributed by atoms with van der Waals surface area (Å²) in [4.78, 5) is 50.9. The second-order valence-corrected chi connectivity index (χ2v) is 11.1. The van der Waals surface area contributed by atoms with E-state index in [1.54, 1.807) is 67.0 Å². The number of benzene rings is 3. The molecule has 3 heterocycles. The first-order valence-corrected chi connectivity index (χ1v) is 15.5. The largest absolute Gasteiger partial charge is 0.506 e. The maximum atomic E-state index is 11.8. The number of aryl methyl sites for hydroxylation is 3. The molecular formula is C38H37N9O4. The van der Waals surface area contributed by atoms with Gasteiger partial charge in [-0.15, -0.1) is 0 Å². The predicted octanol–water partition coefficient (Wildman–Crippen LogP) is 6.19. The summed E-state index contributed by atoms with van der Waals surface area (Å²) in [5.74, 6) is -0.776. The first-order valence-electron chi connectivity index (χ1n) is 15.5. The molecule has 13 heteroatoms. The van der Waals surface area contributed by atoms with Crippen LogP contribution in [0.1, 0.15) is 47.9 Å². The number of nitrogens with one attached hydrogen (secondary N) is 3. The van der Waals surface area contributed by atoms with E-state index in [-0.39, 0.29) is 29.2 Å². The third kappa shape index (κ3) is 11.2. The highest BCUT2D eigenvalue weighted by Gasteiger charge is 2.10. The highest BCUT2D eigenvalue weighted by atomic mass is 16.3. The number of nitrogens with zero attached hydrogens (tertiary/aromatic N) is 4. The van der Waals surface area contributed by atoms with Gasteiger partial charge in [-0.2, -0.15) is 0 Å². The summed E-state index contributed by atoms with van der Waals surface area (Å²) in [7, 11) is 0. The number of nitrogens with two attached hydrogens (primary N) is 2. The van der Waals surface area contributed by atoms with Crippen molar-refractivity contribution < 1.29 is 19.5 Å². The Morgan fingerprint density at radius 1 is 0.549 bits per heavy atom. The molecular weight excluding hydrogens is 646 g/mol. The summed E-state index contributed by atoms with van der Waals surface area (Å²) in [6, 6.07) is 22.8. The fourth-order valence-corrected chi connectivity index (χ4v) is 4.33. The van der Waals surface area contributed by atoms with E-state index in [4.69, 9.17) is 11.5 Å². The minimum Gasteiger partial charge on any atom is -0.506 e. The smallest absolute Gasteiger partial charge is 0.275 e. The number of hydrogen-bond donors (Lipinski definition) is 6. The van der Waals surface area contributed by atoms with E-state index in [1.807, 2.05) is 45.0 Å². The summed E-state index contributed by atoms with van der Waals surface area (Å²) in [6.45, 7) is 5.75. The number of aromatic nitrogens is 4. The minimum absolute atomic E-state index is 0.0576. The molecule has 0 spiro atoms. The second-order valence-electron chi connectivity index (χ2n) is 11.1. The van der Waals surface area contributed by atoms with Gasteiger partial charge < -0.3 is 32.5 Å². The average Bonchev–Trinajstić information content (AvgIpc) is 3.13. The van der Waals surface area contributed by atoms with Crippen LogP contribution in [0, 0.1) is 20.8 Å². The van der Waals surface area contributed by atoms with Crippen LogP contribution in [0.2, 0.25) is 0 Å². The number of phenolic OH excluding ortho intramolecular Hbond substituents is 1. The molecule has 0 saturated heterocycles. The third-order valence-electron chi connectivity index (χ3n) is 6.96. The van der Waals surface area contributed by atoms with E-state index >= 15 is 0 Å². The molecule has 0 unspecified atom stereocenters. The summed E-state index contributed by atoms with van der Waals surface area (Å²) in [6.07, 6.45) is 10.6. The molecule has 6 aromatic rings. The van der Waals surface area contributed by atoms with Gasteiger partial charge in [0, 0.05) is 37.2 Å². The van der Waals surface area contributed by atoms with Gasteiger partial charge in [0.1, 0.15) is 11.4 Å². The number of carbonyl (C=O) groups is 3. The first-order chi connectivity index (χ1) is 24.5. The van der Waals surface area contributed by atoms with Crippen molar-refractivity contribution in [2.45, 2.75) is 20.8 Å². The fraction of sp³-hybridized carbons (Fsp3) is 0.0789. The van der Waals surface area contributed by atoms with Crippen LogP contribution in [0.25, 0.3) is 0 Å². The molecule has 3 aromatic heterocycles. The number of anilines is 5. The van der Waals surface area contributed by atoms with Crippen molar-refractivity contribution in [3.05, 3.63) is 156 Å². The standard InChI is InChI=1S/C13H13N3O.C13H12N2O2.C12H12N4O/c1-9-4-5-12(11(14)7-9)16-13(17)10-3-2-6-15-8-10;1-9-4-5-11(12(16)7-9)15-13(17)10-3-2-6-14-8-10;1-8-2-3-10(9(13)6-8)16-12(17)11-7-14-4-5-15-11/h2-8H,14H2,1H3,(H,16,17);2-8,16H,1H3,(H,15,17);2-7H,13H2,1H3,(H,16,17). The van der Waals surface area contributed by atoms with Crippen molar-refractivity contribution in [1.29, 1.82) is 0 Å². The van der Waals surface area contributed by atoms with Gasteiger partial charge in [-0.25, -0.2) is 4.98 Å². The van der Waals surface area contributed by atoms with Crippen LogP contribution in [0.5, 0.6) is 5.75 Å². The number of amides is 3. The van der Waals surface area contributed by atoms with Crippen molar-refractivity contribution in [3.8, 4) is 5.75 Å². The molecule has 3 amide bonds. The summed E-state index contributed by atoms with van der Waals surface area (Å²) in [5.41, 5.74) is 18.5. The molecule has 0 radical (unpaired) electrons. The Hall–Kier alpha value is -7.15. The molecule has 0 fully saturated rings. The SMILES string of the molecule is Cc1ccc(NC(=O)c2cccnc2)c(N)c1.Cc1ccc(NC(=O)c2cccnc2)c(O)c1.Cc1ccc(NC(=O)c2cnccn2)c(N)c1. The second kappa shape index (κ2) is 17.8. The lowest BCUT2D eigenvalue weighted by Crippen LogP contribution is -2.14. The Labute approximate surface area is 294 Å². The summed E-state index contributed by atoms with van der Waals surface area (Å²) < 4.78 is 0. The zero-order chi connectivity index (χ0) is 36.8. The van der Waals surface area contributed by atoms with Crippen LogP contribution < -0.4 is 27.4 Å². The van der Waals surface area contributed by atoms with E-state index in [1.165, 1.54) is 31.0 Å². The molecule has 8 N–H and O–H groups in total. The summed E-state index contributed by atoms with van der Waals surface area (Å²) in [5, 5.41) is 17.7. The number of aromatic hydroxyl groups is 1. The minimum atomic E-state index is -0.325. The van der Waals surface area contributed by atoms with E-state index < -0.39 is 0 Å². The van der Waals surface area contributed by atoms with Crippen molar-refractivity contribution in [3.63, 3.8) is 0 Å². The highest BCUT2D eigenvalue weighted by molar-refractivity contribution is 6.06. The average molecular weight is 684 g/mol. The number of nitrogen functional groups attached to an aromatic ring is 2. The monoisotopic (exact) mass is 683 g/mol. The Morgan fingerprint density at radius 3 is 1.43 bits per heavy atom. The van der Waals surface area contributed by atoms with Gasteiger partial charge >= 0.3 is 0 Å². The number of rotatable bonds is 6. The lowest BCUT2D eigenvalue weighted by Gasteiger charge is -2.08. The molecule has 6 rings (SSSR count). The lowest BCUT2D eigenvalue weighted by atomic mass is 10.2. The number of hydrogen-bond acceptors (Lipinski definition) is 10. The van der Waals surface area contributed by atoms with Crippen LogP contribution >= 0.6 is 0 Å². The molecule has 0 aliphatic rings. The van der Waals surface area contributed by atoms with Crippen molar-refractivity contribution in [2.24, 2.45) is 0 Å². The Kier molecular flexibility index (Phi) is 12.8. The topological polar surface area (TPSA) is 211 Å². The van der Waals surface area contributed by atoms with Crippen molar-refractivity contribution >= 4 is 46.2 Å². The lowest BCUT2D eigenvalue weighted by molar-refractivity contribution is 0.101. The number of phenols is 1. The third-order valence-corrected chi connectivity index (χ3v) is 6.96. The highest BCUT2D eigenvalue weighted by Crippen LogP contribution is 2.24. The van der Waals surface area contributed by atoms with Gasteiger partial charge in [-0.1, -0.05) is 18.2 Å². The van der Waals surface area contributed by atoms with Crippen LogP contribution in [0.4, 0.5) is 28.4 Å². The van der Waals surface area contributed by atoms with E-state index in [0.29, 0.717) is 39.6 Å². The van der Waals surface area contributed by atoms with Crippen LogP contribution in [0.15, 0.2) is 122 Å². The normalized spacial score (nSPS) is 9.94. The first kappa shape index (κ1) is 36.7. The maximum Gasteiger partial charge on any atom is 0.275 e. The molecule has 0 aliphatic heterocycles. The van der Waals surface area contributed by atoms with Gasteiger partial charge in [-0.05, 0) is 98.1 Å². The van der Waals surface area contributed by atoms with Gasteiger partial charge in [-0.3, -0.25) is 29.3 Å². The van der Waals surface area contributed by atoms with Gasteiger partial charge in [0.15, 0.2) is 0 Å². The molecule has 51 heavy (non-hydrogen) atoms. The zero-order valence-electron chi connectivity index (χ0n) is 28.2. The predicted molar refractivity (Wildman–Crippen MR) is 198 cm³/mol. The molecule has 0 aliphatic carbocycles. The molecule has 0 saturated carbocycles. The molecule has 0 bridgehead atoms. The Bertz CT molecular complexity index is 1860. The van der Waals surface area contributed by atoms with E-state index in [0.717, 1.165) is 16.7 Å². The maximum absolute atomic E-state index is 11.8. The Balaban J connectivity index is 0.000000172. The molecule has 0 atom stereocenters. The van der Waals surface area contributed by atoms with Crippen molar-refractivity contribution in [1.82, 2.24) is 19.9 Å². The van der Waals surface area contributed by atoms with E-state index in [2.05, 4.69) is 35.9 Å². The quantitative estimate of drug-likeness (QED) is 0.0865. The fourth-order valence-electron chi connectivity index (χ4n) is 4.33. The molecule has 13 nitrogen and oxygen atoms in total. The Morgan fingerprint density at radius 2 is 1.00 bits per heavy atom. The van der Waals surface area contributed by atoms with Gasteiger partial charge in [0.25, 0.3) is 17.7 Å². The zero-order valence-corrected chi connectivity index (χ0v) is 28.2. The molecule has 258 valence electrons. The molecule has 3 aromatic carbocycles. The van der Waals surface area contributed by atoms with Gasteiger partial charge in [0.05, 0.1) is 45.8 Å². The van der Waals surface area contributed by atoms with Gasteiger partial charge in [0.2, 0.25) is 0 Å². The number of pyridine rings is 2. The van der Waals surface area contributed by atoms with Crippen LogP contribution in [-0.2, 0) is 0 Å². The van der Waals surface area contributed by atoms with Crippen molar-refractivity contribution in [2.75, 3.05) is 27.4 Å². The van der Waals surface area contributed by atoms with E-state index in [9.17, 15) is 19.5 Å².